The van der Waals surface area contributed by atoms with E-state index in [0.717, 1.165) is 46.0 Å². The van der Waals surface area contributed by atoms with Crippen molar-refractivity contribution in [3.63, 3.8) is 0 Å². The predicted octanol–water partition coefficient (Wildman–Crippen LogP) is 3.53. The third kappa shape index (κ3) is 3.69. The number of aliphatic imine (C=N–C) groups is 1. The molecule has 1 saturated heterocycles. The lowest BCUT2D eigenvalue weighted by Gasteiger charge is -2.30. The topological polar surface area (TPSA) is 134 Å². The number of nitrogens with zero attached hydrogens (tertiary/aromatic N) is 5. The van der Waals surface area contributed by atoms with Gasteiger partial charge in [0.2, 0.25) is 5.91 Å². The Balaban J connectivity index is 1.43. The number of carbonyl (C=O) groups is 1. The smallest absolute Gasteiger partial charge is 0.240 e. The molecule has 0 radical (unpaired) electrons. The van der Waals surface area contributed by atoms with Gasteiger partial charge in [-0.05, 0) is 42.7 Å². The lowest BCUT2D eigenvalue weighted by molar-refractivity contribution is -0.121. The molecule has 7 rings (SSSR count). The zero-order valence-corrected chi connectivity index (χ0v) is 20.4. The molecule has 10 nitrogen and oxygen atoms in total. The Kier molecular flexibility index (Phi) is 5.33. The van der Waals surface area contributed by atoms with Crippen molar-refractivity contribution in [2.75, 3.05) is 13.2 Å². The highest BCUT2D eigenvalue weighted by Gasteiger charge is 2.39. The van der Waals surface area contributed by atoms with Crippen LogP contribution in [0.1, 0.15) is 35.6 Å². The SMILES string of the molecule is N=C1C(c2cccc3[nH]ncc23)=CC(c2cnn(C3CCOCC3)c2)=C2N=C(c3ccncc3)NC(=O)C12. The molecule has 3 aromatic heterocycles. The molecular weight excluding hydrogens is 480 g/mol. The summed E-state index contributed by atoms with van der Waals surface area (Å²) in [6.45, 7) is 1.43. The van der Waals surface area contributed by atoms with Crippen LogP contribution in [0, 0.1) is 11.3 Å². The molecule has 0 bridgehead atoms. The molecule has 2 aliphatic heterocycles. The maximum absolute atomic E-state index is 13.6. The van der Waals surface area contributed by atoms with Crippen molar-refractivity contribution in [3.05, 3.63) is 89.8 Å². The van der Waals surface area contributed by atoms with Gasteiger partial charge in [0.25, 0.3) is 0 Å². The zero-order chi connectivity index (χ0) is 25.6. The van der Waals surface area contributed by atoms with Crippen LogP contribution >= 0.6 is 0 Å². The van der Waals surface area contributed by atoms with E-state index in [9.17, 15) is 4.79 Å². The second-order valence-electron chi connectivity index (χ2n) is 9.58. The Morgan fingerprint density at radius 2 is 1.89 bits per heavy atom. The number of hydrogen-bond donors (Lipinski definition) is 3. The summed E-state index contributed by atoms with van der Waals surface area (Å²) in [6.07, 6.45) is 12.7. The van der Waals surface area contributed by atoms with Crippen molar-refractivity contribution in [3.8, 4) is 0 Å². The average Bonchev–Trinajstić information content (AvgIpc) is 3.64. The molecule has 1 amide bonds. The van der Waals surface area contributed by atoms with Crippen LogP contribution in [0.3, 0.4) is 0 Å². The van der Waals surface area contributed by atoms with E-state index in [4.69, 9.17) is 15.1 Å². The molecule has 0 saturated carbocycles. The fourth-order valence-corrected chi connectivity index (χ4v) is 5.39. The molecule has 1 atom stereocenters. The number of pyridine rings is 1. The highest BCUT2D eigenvalue weighted by atomic mass is 16.5. The lowest BCUT2D eigenvalue weighted by atomic mass is 9.79. The minimum atomic E-state index is -0.857. The number of aromatic nitrogens is 5. The van der Waals surface area contributed by atoms with Gasteiger partial charge in [0, 0.05) is 59.5 Å². The summed E-state index contributed by atoms with van der Waals surface area (Å²) in [7, 11) is 0. The Hall–Kier alpha value is -4.70. The quantitative estimate of drug-likeness (QED) is 0.391. The van der Waals surface area contributed by atoms with Crippen LogP contribution in [0.5, 0.6) is 0 Å². The van der Waals surface area contributed by atoms with Gasteiger partial charge < -0.3 is 15.5 Å². The van der Waals surface area contributed by atoms with Gasteiger partial charge >= 0.3 is 0 Å². The molecule has 10 heteroatoms. The minimum Gasteiger partial charge on any atom is -0.381 e. The van der Waals surface area contributed by atoms with E-state index in [1.807, 2.05) is 41.4 Å². The average molecular weight is 505 g/mol. The van der Waals surface area contributed by atoms with Crippen molar-refractivity contribution in [2.24, 2.45) is 10.9 Å². The van der Waals surface area contributed by atoms with E-state index in [0.29, 0.717) is 30.3 Å². The van der Waals surface area contributed by atoms with Crippen LogP contribution in [0.4, 0.5) is 0 Å². The summed E-state index contributed by atoms with van der Waals surface area (Å²) >= 11 is 0. The van der Waals surface area contributed by atoms with E-state index in [1.54, 1.807) is 30.7 Å². The third-order valence-corrected chi connectivity index (χ3v) is 7.36. The summed E-state index contributed by atoms with van der Waals surface area (Å²) in [4.78, 5) is 22.6. The molecule has 38 heavy (non-hydrogen) atoms. The molecule has 1 aromatic carbocycles. The predicted molar refractivity (Wildman–Crippen MR) is 142 cm³/mol. The molecular formula is C28H24N8O2. The Bertz CT molecular complexity index is 1670. The fourth-order valence-electron chi connectivity index (χ4n) is 5.39. The first kappa shape index (κ1) is 22.5. The number of carbonyl (C=O) groups excluding carboxylic acids is 1. The van der Waals surface area contributed by atoms with Crippen LogP contribution in [0.25, 0.3) is 22.0 Å². The van der Waals surface area contributed by atoms with Crippen molar-refractivity contribution in [1.82, 2.24) is 30.3 Å². The van der Waals surface area contributed by atoms with E-state index in [-0.39, 0.29) is 17.7 Å². The van der Waals surface area contributed by atoms with Crippen LogP contribution in [-0.4, -0.2) is 55.6 Å². The first-order valence-electron chi connectivity index (χ1n) is 12.6. The number of amides is 1. The van der Waals surface area contributed by atoms with Gasteiger partial charge in [-0.15, -0.1) is 0 Å². The Labute approximate surface area is 217 Å². The number of aromatic amines is 1. The van der Waals surface area contributed by atoms with Crippen LogP contribution in [0.15, 0.2) is 78.1 Å². The van der Waals surface area contributed by atoms with Crippen molar-refractivity contribution >= 4 is 39.5 Å². The van der Waals surface area contributed by atoms with Gasteiger partial charge in [0.05, 0.1) is 35.4 Å². The van der Waals surface area contributed by atoms with Crippen molar-refractivity contribution in [2.45, 2.75) is 18.9 Å². The molecule has 1 unspecified atom stereocenters. The molecule has 5 heterocycles. The summed E-state index contributed by atoms with van der Waals surface area (Å²) in [6, 6.07) is 9.69. The first-order valence-corrected chi connectivity index (χ1v) is 12.6. The van der Waals surface area contributed by atoms with Gasteiger partial charge in [-0.1, -0.05) is 12.1 Å². The molecule has 1 fully saturated rings. The monoisotopic (exact) mass is 504 g/mol. The van der Waals surface area contributed by atoms with E-state index in [1.165, 1.54) is 0 Å². The van der Waals surface area contributed by atoms with Gasteiger partial charge in [0.15, 0.2) is 0 Å². The second kappa shape index (κ2) is 9.00. The maximum atomic E-state index is 13.6. The number of rotatable bonds is 4. The zero-order valence-electron chi connectivity index (χ0n) is 20.4. The summed E-state index contributed by atoms with van der Waals surface area (Å²) in [5.41, 5.74) is 5.50. The molecule has 3 aliphatic rings. The molecule has 3 N–H and O–H groups in total. The fraction of sp³-hybridized carbons (Fsp3) is 0.214. The molecule has 4 aromatic rings. The highest BCUT2D eigenvalue weighted by Crippen LogP contribution is 2.41. The number of hydrogen-bond acceptors (Lipinski definition) is 7. The largest absolute Gasteiger partial charge is 0.381 e. The summed E-state index contributed by atoms with van der Waals surface area (Å²) in [5.74, 6) is -0.699. The number of allylic oxidation sites excluding steroid dienone is 3. The number of nitrogens with one attached hydrogen (secondary N) is 3. The van der Waals surface area contributed by atoms with Gasteiger partial charge in [0.1, 0.15) is 11.8 Å². The standard InChI is InChI=1S/C28H24N8O2/c29-25-21(19-2-1-3-23-22(19)14-31-35-23)12-20(17-13-32-36(15-17)18-6-10-38-11-7-18)26-24(25)28(37)34-27(33-26)16-4-8-30-9-5-16/h1-5,8-9,12-15,18,24,29H,6-7,10-11H2,(H,31,35)(H,33,34,37). The van der Waals surface area contributed by atoms with E-state index < -0.39 is 5.92 Å². The Morgan fingerprint density at radius 1 is 1.05 bits per heavy atom. The highest BCUT2D eigenvalue weighted by molar-refractivity contribution is 6.36. The van der Waals surface area contributed by atoms with Crippen molar-refractivity contribution < 1.29 is 9.53 Å². The normalized spacial score (nSPS) is 20.3. The third-order valence-electron chi connectivity index (χ3n) is 7.36. The van der Waals surface area contributed by atoms with Gasteiger partial charge in [-0.3, -0.25) is 19.6 Å². The minimum absolute atomic E-state index is 0.198. The van der Waals surface area contributed by atoms with Crippen LogP contribution < -0.4 is 5.32 Å². The number of amidine groups is 1. The van der Waals surface area contributed by atoms with Gasteiger partial charge in [-0.2, -0.15) is 10.2 Å². The van der Waals surface area contributed by atoms with E-state index in [2.05, 4.69) is 25.6 Å². The second-order valence-corrected chi connectivity index (χ2v) is 9.58. The van der Waals surface area contributed by atoms with Crippen LogP contribution in [-0.2, 0) is 9.53 Å². The number of fused-ring (bicyclic) bond motifs is 2. The number of benzene rings is 1. The van der Waals surface area contributed by atoms with Crippen molar-refractivity contribution in [1.29, 1.82) is 5.41 Å². The van der Waals surface area contributed by atoms with Gasteiger partial charge in [-0.25, -0.2) is 4.99 Å². The lowest BCUT2D eigenvalue weighted by Crippen LogP contribution is -2.45. The summed E-state index contributed by atoms with van der Waals surface area (Å²) < 4.78 is 7.51. The Morgan fingerprint density at radius 3 is 2.74 bits per heavy atom. The van der Waals surface area contributed by atoms with Crippen LogP contribution in [0.2, 0.25) is 0 Å². The molecule has 0 spiro atoms. The molecule has 1 aliphatic carbocycles. The number of H-pyrrole nitrogens is 1. The number of ether oxygens (including phenoxy) is 1. The summed E-state index contributed by atoms with van der Waals surface area (Å²) in [5, 5.41) is 24.8. The molecule has 188 valence electrons. The maximum Gasteiger partial charge on any atom is 0.240 e. The van der Waals surface area contributed by atoms with E-state index >= 15 is 0 Å². The first-order chi connectivity index (χ1) is 18.7.